The van der Waals surface area contributed by atoms with E-state index in [1.165, 1.54) is 31.6 Å². The van der Waals surface area contributed by atoms with Crippen LogP contribution in [0.25, 0.3) is 0 Å². The third kappa shape index (κ3) is 2.60. The monoisotopic (exact) mass is 267 g/mol. The first-order valence-corrected chi connectivity index (χ1v) is 5.61. The van der Waals surface area contributed by atoms with Gasteiger partial charge in [0, 0.05) is 11.8 Å². The van der Waals surface area contributed by atoms with Gasteiger partial charge in [0.05, 0.1) is 18.3 Å². The Morgan fingerprint density at radius 3 is 2.72 bits per heavy atom. The second-order valence-corrected chi connectivity index (χ2v) is 4.14. The molecule has 0 aliphatic heterocycles. The van der Waals surface area contributed by atoms with Crippen LogP contribution in [0, 0.1) is 5.82 Å². The number of hydrogen-bond donors (Lipinski definition) is 1. The van der Waals surface area contributed by atoms with Gasteiger partial charge in [-0.2, -0.15) is 0 Å². The summed E-state index contributed by atoms with van der Waals surface area (Å²) in [5.74, 6) is -0.0370. The molecule has 1 unspecified atom stereocenters. The molecule has 18 heavy (non-hydrogen) atoms. The van der Waals surface area contributed by atoms with E-state index in [-0.39, 0.29) is 5.02 Å². The van der Waals surface area contributed by atoms with E-state index in [9.17, 15) is 9.50 Å². The molecule has 0 aliphatic rings. The SMILES string of the molecule is COc1cncc(C(O)c2ccc(Cl)c(F)c2)c1. The average molecular weight is 268 g/mol. The van der Waals surface area contributed by atoms with Crippen molar-refractivity contribution in [1.29, 1.82) is 0 Å². The molecule has 0 radical (unpaired) electrons. The average Bonchev–Trinajstić information content (AvgIpc) is 2.41. The van der Waals surface area contributed by atoms with E-state index >= 15 is 0 Å². The molecule has 0 aliphatic carbocycles. The highest BCUT2D eigenvalue weighted by atomic mass is 35.5. The fourth-order valence-corrected chi connectivity index (χ4v) is 1.69. The van der Waals surface area contributed by atoms with Crippen LogP contribution < -0.4 is 4.74 Å². The molecule has 0 saturated heterocycles. The quantitative estimate of drug-likeness (QED) is 0.930. The Morgan fingerprint density at radius 1 is 1.28 bits per heavy atom. The second kappa shape index (κ2) is 5.33. The number of aliphatic hydroxyl groups excluding tert-OH is 1. The van der Waals surface area contributed by atoms with Crippen molar-refractivity contribution in [1.82, 2.24) is 4.98 Å². The van der Waals surface area contributed by atoms with E-state index in [1.807, 2.05) is 0 Å². The number of pyridine rings is 1. The summed E-state index contributed by atoms with van der Waals surface area (Å²) in [7, 11) is 1.51. The van der Waals surface area contributed by atoms with E-state index in [2.05, 4.69) is 4.98 Å². The van der Waals surface area contributed by atoms with Crippen LogP contribution in [-0.4, -0.2) is 17.2 Å². The van der Waals surface area contributed by atoms with Crippen molar-refractivity contribution in [2.45, 2.75) is 6.10 Å². The van der Waals surface area contributed by atoms with E-state index in [4.69, 9.17) is 16.3 Å². The smallest absolute Gasteiger partial charge is 0.142 e. The Kier molecular flexibility index (Phi) is 3.79. The molecule has 1 N–H and O–H groups in total. The van der Waals surface area contributed by atoms with Gasteiger partial charge in [-0.25, -0.2) is 4.39 Å². The maximum Gasteiger partial charge on any atom is 0.142 e. The van der Waals surface area contributed by atoms with Crippen LogP contribution in [0.5, 0.6) is 5.75 Å². The lowest BCUT2D eigenvalue weighted by Gasteiger charge is -2.12. The first-order chi connectivity index (χ1) is 8.61. The van der Waals surface area contributed by atoms with E-state index in [0.717, 1.165) is 0 Å². The zero-order valence-corrected chi connectivity index (χ0v) is 10.4. The number of hydrogen-bond acceptors (Lipinski definition) is 3. The molecular formula is C13H11ClFNO2. The highest BCUT2D eigenvalue weighted by Crippen LogP contribution is 2.26. The van der Waals surface area contributed by atoms with Crippen molar-refractivity contribution in [2.24, 2.45) is 0 Å². The minimum Gasteiger partial charge on any atom is -0.495 e. The predicted octanol–water partition coefficient (Wildman–Crippen LogP) is 2.96. The fraction of sp³-hybridized carbons (Fsp3) is 0.154. The molecule has 0 saturated carbocycles. The summed E-state index contributed by atoms with van der Waals surface area (Å²) in [6, 6.07) is 5.81. The van der Waals surface area contributed by atoms with Gasteiger partial charge in [-0.3, -0.25) is 4.98 Å². The minimum absolute atomic E-state index is 0.0229. The summed E-state index contributed by atoms with van der Waals surface area (Å²) in [4.78, 5) is 3.94. The third-order valence-corrected chi connectivity index (χ3v) is 2.85. The summed E-state index contributed by atoms with van der Waals surface area (Å²) in [5, 5.41) is 10.1. The summed E-state index contributed by atoms with van der Waals surface area (Å²) >= 11 is 5.59. The lowest BCUT2D eigenvalue weighted by atomic mass is 10.0. The highest BCUT2D eigenvalue weighted by molar-refractivity contribution is 6.30. The molecule has 94 valence electrons. The van der Waals surface area contributed by atoms with Crippen molar-refractivity contribution in [3.8, 4) is 5.75 Å². The van der Waals surface area contributed by atoms with Crippen molar-refractivity contribution in [3.05, 3.63) is 58.6 Å². The summed E-state index contributed by atoms with van der Waals surface area (Å²) in [6.45, 7) is 0. The Hall–Kier alpha value is -1.65. The van der Waals surface area contributed by atoms with E-state index in [1.54, 1.807) is 12.1 Å². The number of aliphatic hydroxyl groups is 1. The molecule has 3 nitrogen and oxygen atoms in total. The summed E-state index contributed by atoms with van der Waals surface area (Å²) in [6.07, 6.45) is 2.05. The second-order valence-electron chi connectivity index (χ2n) is 3.73. The molecule has 0 spiro atoms. The number of benzene rings is 1. The predicted molar refractivity (Wildman–Crippen MR) is 66.3 cm³/mol. The molecule has 5 heteroatoms. The van der Waals surface area contributed by atoms with Gasteiger partial charge in [-0.05, 0) is 23.8 Å². The highest BCUT2D eigenvalue weighted by Gasteiger charge is 2.13. The fourth-order valence-electron chi connectivity index (χ4n) is 1.57. The standard InChI is InChI=1S/C13H11ClFNO2/c1-18-10-4-9(6-16-7-10)13(17)8-2-3-11(14)12(15)5-8/h2-7,13,17H,1H3. The van der Waals surface area contributed by atoms with Gasteiger partial charge in [0.1, 0.15) is 17.7 Å². The van der Waals surface area contributed by atoms with E-state index in [0.29, 0.717) is 16.9 Å². The topological polar surface area (TPSA) is 42.4 Å². The molecule has 0 bridgehead atoms. The van der Waals surface area contributed by atoms with Crippen molar-refractivity contribution in [2.75, 3.05) is 7.11 Å². The molecule has 1 heterocycles. The Morgan fingerprint density at radius 2 is 2.06 bits per heavy atom. The first kappa shape index (κ1) is 12.8. The van der Waals surface area contributed by atoms with Crippen LogP contribution in [0.1, 0.15) is 17.2 Å². The molecule has 0 amide bonds. The minimum atomic E-state index is -0.973. The van der Waals surface area contributed by atoms with Crippen LogP contribution in [0.15, 0.2) is 36.7 Å². The molecule has 0 fully saturated rings. The van der Waals surface area contributed by atoms with Crippen molar-refractivity contribution >= 4 is 11.6 Å². The Bertz CT molecular complexity index is 562. The Labute approximate surface area is 109 Å². The maximum absolute atomic E-state index is 13.3. The summed E-state index contributed by atoms with van der Waals surface area (Å²) < 4.78 is 18.3. The molecule has 1 atom stereocenters. The first-order valence-electron chi connectivity index (χ1n) is 5.24. The Balaban J connectivity index is 2.34. The van der Waals surface area contributed by atoms with Crippen LogP contribution >= 0.6 is 11.6 Å². The lowest BCUT2D eigenvalue weighted by molar-refractivity contribution is 0.218. The largest absolute Gasteiger partial charge is 0.495 e. The summed E-state index contributed by atoms with van der Waals surface area (Å²) in [5.41, 5.74) is 0.933. The normalized spacial score (nSPS) is 12.2. The van der Waals surface area contributed by atoms with Crippen molar-refractivity contribution in [3.63, 3.8) is 0 Å². The zero-order valence-electron chi connectivity index (χ0n) is 9.60. The number of methoxy groups -OCH3 is 1. The van der Waals surface area contributed by atoms with Gasteiger partial charge in [0.15, 0.2) is 0 Å². The van der Waals surface area contributed by atoms with Gasteiger partial charge in [0.2, 0.25) is 0 Å². The third-order valence-electron chi connectivity index (χ3n) is 2.55. The van der Waals surface area contributed by atoms with Crippen molar-refractivity contribution < 1.29 is 14.2 Å². The van der Waals surface area contributed by atoms with Gasteiger partial charge >= 0.3 is 0 Å². The van der Waals surface area contributed by atoms with Crippen LogP contribution in [0.3, 0.4) is 0 Å². The van der Waals surface area contributed by atoms with Gasteiger partial charge in [-0.15, -0.1) is 0 Å². The number of nitrogens with zero attached hydrogens (tertiary/aromatic N) is 1. The number of aromatic nitrogens is 1. The zero-order chi connectivity index (χ0) is 13.1. The number of rotatable bonds is 3. The van der Waals surface area contributed by atoms with Gasteiger partial charge in [-0.1, -0.05) is 17.7 Å². The molecular weight excluding hydrogens is 257 g/mol. The molecule has 1 aromatic heterocycles. The number of halogens is 2. The van der Waals surface area contributed by atoms with Crippen LogP contribution in [0.2, 0.25) is 5.02 Å². The molecule has 1 aromatic carbocycles. The van der Waals surface area contributed by atoms with Gasteiger partial charge < -0.3 is 9.84 Å². The molecule has 2 aromatic rings. The maximum atomic E-state index is 13.3. The lowest BCUT2D eigenvalue weighted by Crippen LogP contribution is -2.01. The number of ether oxygens (including phenoxy) is 1. The van der Waals surface area contributed by atoms with Crippen LogP contribution in [0.4, 0.5) is 4.39 Å². The van der Waals surface area contributed by atoms with E-state index < -0.39 is 11.9 Å². The van der Waals surface area contributed by atoms with Crippen LogP contribution in [-0.2, 0) is 0 Å². The van der Waals surface area contributed by atoms with Gasteiger partial charge in [0.25, 0.3) is 0 Å². The molecule has 2 rings (SSSR count).